The van der Waals surface area contributed by atoms with E-state index >= 15 is 0 Å². The van der Waals surface area contributed by atoms with Gasteiger partial charge >= 0.3 is 6.03 Å². The Hall–Kier alpha value is -2.82. The number of benzene rings is 2. The first-order chi connectivity index (χ1) is 12.1. The zero-order valence-electron chi connectivity index (χ0n) is 14.1. The van der Waals surface area contributed by atoms with Gasteiger partial charge < -0.3 is 15.0 Å². The summed E-state index contributed by atoms with van der Waals surface area (Å²) in [6, 6.07) is 14.9. The number of aryl methyl sites for hydroxylation is 1. The van der Waals surface area contributed by atoms with Gasteiger partial charge in [0.25, 0.3) is 0 Å². The summed E-state index contributed by atoms with van der Waals surface area (Å²) in [5.74, 6) is 0.711. The number of fused-ring (bicyclic) bond motifs is 1. The first-order valence-corrected chi connectivity index (χ1v) is 8.49. The summed E-state index contributed by atoms with van der Waals surface area (Å²) in [5, 5.41) is 2.95. The molecular weight excluding hydrogens is 316 g/mol. The third-order valence-corrected chi connectivity index (χ3v) is 4.99. The lowest BCUT2D eigenvalue weighted by Gasteiger charge is -2.34. The van der Waals surface area contributed by atoms with E-state index in [0.717, 1.165) is 11.3 Å². The molecule has 1 fully saturated rings. The average Bonchev–Trinajstić information content (AvgIpc) is 3.00. The van der Waals surface area contributed by atoms with E-state index in [0.29, 0.717) is 37.2 Å². The molecule has 1 unspecified atom stereocenters. The largest absolute Gasteiger partial charge is 0.484 e. The van der Waals surface area contributed by atoms with Crippen molar-refractivity contribution in [3.63, 3.8) is 0 Å². The van der Waals surface area contributed by atoms with Crippen molar-refractivity contribution in [1.82, 2.24) is 4.90 Å². The summed E-state index contributed by atoms with van der Waals surface area (Å²) >= 11 is 0. The number of urea groups is 1. The highest BCUT2D eigenvalue weighted by Crippen LogP contribution is 2.38. The van der Waals surface area contributed by atoms with Crippen molar-refractivity contribution in [3.05, 3.63) is 59.7 Å². The zero-order valence-corrected chi connectivity index (χ0v) is 14.1. The number of carbonyl (C=O) groups is 2. The molecule has 0 saturated carbocycles. The highest BCUT2D eigenvalue weighted by molar-refractivity contribution is 6.00. The monoisotopic (exact) mass is 336 g/mol. The molecule has 0 bridgehead atoms. The number of likely N-dealkylation sites (tertiary alicyclic amines) is 1. The van der Waals surface area contributed by atoms with Crippen molar-refractivity contribution >= 4 is 17.5 Å². The Bertz CT molecular complexity index is 848. The molecule has 2 aliphatic heterocycles. The van der Waals surface area contributed by atoms with Crippen LogP contribution in [-0.2, 0) is 0 Å². The van der Waals surface area contributed by atoms with E-state index in [-0.39, 0.29) is 11.8 Å². The van der Waals surface area contributed by atoms with Crippen LogP contribution in [0.15, 0.2) is 48.5 Å². The van der Waals surface area contributed by atoms with Crippen LogP contribution in [-0.4, -0.2) is 35.4 Å². The highest BCUT2D eigenvalue weighted by atomic mass is 16.5. The molecule has 0 aliphatic carbocycles. The molecule has 1 saturated heterocycles. The Morgan fingerprint density at radius 1 is 1.16 bits per heavy atom. The van der Waals surface area contributed by atoms with Crippen LogP contribution in [0, 0.1) is 6.92 Å². The Kier molecular flexibility index (Phi) is 3.71. The van der Waals surface area contributed by atoms with E-state index in [1.165, 1.54) is 0 Å². The molecule has 1 N–H and O–H groups in total. The zero-order chi connectivity index (χ0) is 17.4. The average molecular weight is 336 g/mol. The molecule has 25 heavy (non-hydrogen) atoms. The fourth-order valence-electron chi connectivity index (χ4n) is 3.60. The minimum Gasteiger partial charge on any atom is -0.484 e. The van der Waals surface area contributed by atoms with Crippen LogP contribution in [0.4, 0.5) is 10.5 Å². The smallest absolute Gasteiger partial charge is 0.321 e. The van der Waals surface area contributed by atoms with Crippen molar-refractivity contribution in [2.45, 2.75) is 25.4 Å². The van der Waals surface area contributed by atoms with Crippen molar-refractivity contribution in [3.8, 4) is 5.75 Å². The summed E-state index contributed by atoms with van der Waals surface area (Å²) in [4.78, 5) is 26.8. The summed E-state index contributed by atoms with van der Waals surface area (Å²) in [7, 11) is 0. The van der Waals surface area contributed by atoms with Crippen LogP contribution in [0.1, 0.15) is 28.8 Å². The van der Waals surface area contributed by atoms with Crippen LogP contribution in [0.5, 0.6) is 5.75 Å². The van der Waals surface area contributed by atoms with Crippen molar-refractivity contribution in [1.29, 1.82) is 0 Å². The molecule has 1 spiro atoms. The van der Waals surface area contributed by atoms with Gasteiger partial charge in [-0.3, -0.25) is 4.79 Å². The molecular formula is C20H20N2O3. The number of anilines is 1. The maximum Gasteiger partial charge on any atom is 0.321 e. The minimum atomic E-state index is -0.603. The Morgan fingerprint density at radius 2 is 1.92 bits per heavy atom. The Balaban J connectivity index is 1.49. The molecule has 2 aromatic rings. The molecule has 0 radical (unpaired) electrons. The lowest BCUT2D eigenvalue weighted by Crippen LogP contribution is -2.46. The number of nitrogens with zero attached hydrogens (tertiary/aromatic N) is 1. The van der Waals surface area contributed by atoms with Gasteiger partial charge in [0, 0.05) is 18.7 Å². The van der Waals surface area contributed by atoms with Crippen molar-refractivity contribution < 1.29 is 14.3 Å². The standard InChI is InChI=1S/C20H20N2O3/c1-14-6-2-4-8-16(14)21-19(24)22-11-10-20(13-22)12-17(23)15-7-3-5-9-18(15)25-20/h2-9H,10-13H2,1H3,(H,21,24). The first-order valence-electron chi connectivity index (χ1n) is 8.49. The van der Waals surface area contributed by atoms with Gasteiger partial charge in [-0.2, -0.15) is 0 Å². The molecule has 1 atom stereocenters. The summed E-state index contributed by atoms with van der Waals surface area (Å²) in [6.45, 7) is 2.96. The second kappa shape index (κ2) is 5.92. The number of Topliss-reactive ketones (excluding diaryl/α,β-unsaturated/α-hetero) is 1. The molecule has 5 heteroatoms. The van der Waals surface area contributed by atoms with Gasteiger partial charge in [0.05, 0.1) is 18.5 Å². The topological polar surface area (TPSA) is 58.6 Å². The van der Waals surface area contributed by atoms with E-state index in [1.807, 2.05) is 49.4 Å². The Labute approximate surface area is 146 Å². The maximum absolute atomic E-state index is 12.6. The SMILES string of the molecule is Cc1ccccc1NC(=O)N1CCC2(CC(=O)c3ccccc3O2)C1. The predicted molar refractivity (Wildman–Crippen MR) is 95.1 cm³/mol. The lowest BCUT2D eigenvalue weighted by molar-refractivity contribution is 0.0482. The number of para-hydroxylation sites is 2. The number of amides is 2. The first kappa shape index (κ1) is 15.7. The van der Waals surface area contributed by atoms with Gasteiger partial charge in [-0.1, -0.05) is 30.3 Å². The number of carbonyl (C=O) groups excluding carboxylic acids is 2. The van der Waals surface area contributed by atoms with E-state index < -0.39 is 5.60 Å². The van der Waals surface area contributed by atoms with E-state index in [1.54, 1.807) is 11.0 Å². The second-order valence-electron chi connectivity index (χ2n) is 6.80. The highest BCUT2D eigenvalue weighted by Gasteiger charge is 2.46. The number of hydrogen-bond donors (Lipinski definition) is 1. The maximum atomic E-state index is 12.6. The van der Waals surface area contributed by atoms with Gasteiger partial charge in [0.1, 0.15) is 11.4 Å². The van der Waals surface area contributed by atoms with Crippen LogP contribution in [0.25, 0.3) is 0 Å². The molecule has 0 aromatic heterocycles. The van der Waals surface area contributed by atoms with E-state index in [9.17, 15) is 9.59 Å². The fourth-order valence-corrected chi connectivity index (χ4v) is 3.60. The van der Waals surface area contributed by atoms with Gasteiger partial charge in [-0.05, 0) is 30.7 Å². The van der Waals surface area contributed by atoms with Crippen molar-refractivity contribution in [2.24, 2.45) is 0 Å². The van der Waals surface area contributed by atoms with E-state index in [4.69, 9.17) is 4.74 Å². The second-order valence-corrected chi connectivity index (χ2v) is 6.80. The molecule has 4 rings (SSSR count). The van der Waals surface area contributed by atoms with Gasteiger partial charge in [0.2, 0.25) is 0 Å². The van der Waals surface area contributed by atoms with Crippen LogP contribution < -0.4 is 10.1 Å². The third-order valence-electron chi connectivity index (χ3n) is 4.99. The van der Waals surface area contributed by atoms with E-state index in [2.05, 4.69) is 5.32 Å². The van der Waals surface area contributed by atoms with Gasteiger partial charge in [-0.25, -0.2) is 4.79 Å². The number of ether oxygens (including phenoxy) is 1. The van der Waals surface area contributed by atoms with Crippen LogP contribution >= 0.6 is 0 Å². The summed E-state index contributed by atoms with van der Waals surface area (Å²) < 4.78 is 6.16. The minimum absolute atomic E-state index is 0.0861. The Morgan fingerprint density at radius 3 is 2.76 bits per heavy atom. The van der Waals surface area contributed by atoms with Gasteiger partial charge in [-0.15, -0.1) is 0 Å². The van der Waals surface area contributed by atoms with Crippen LogP contribution in [0.3, 0.4) is 0 Å². The van der Waals surface area contributed by atoms with Gasteiger partial charge in [0.15, 0.2) is 5.78 Å². The molecule has 5 nitrogen and oxygen atoms in total. The van der Waals surface area contributed by atoms with Crippen molar-refractivity contribution in [2.75, 3.05) is 18.4 Å². The number of rotatable bonds is 1. The number of hydrogen-bond acceptors (Lipinski definition) is 3. The molecule has 2 aromatic carbocycles. The number of ketones is 1. The molecule has 2 aliphatic rings. The molecule has 128 valence electrons. The number of nitrogens with one attached hydrogen (secondary N) is 1. The fraction of sp³-hybridized carbons (Fsp3) is 0.300. The summed E-state index contributed by atoms with van der Waals surface area (Å²) in [6.07, 6.45) is 0.979. The normalized spacial score (nSPS) is 21.8. The molecule has 2 heterocycles. The predicted octanol–water partition coefficient (Wildman–Crippen LogP) is 3.64. The molecule has 2 amide bonds. The quantitative estimate of drug-likeness (QED) is 0.865. The lowest BCUT2D eigenvalue weighted by atomic mass is 9.89. The summed E-state index contributed by atoms with van der Waals surface area (Å²) in [5.41, 5.74) is 1.85. The third kappa shape index (κ3) is 2.86. The van der Waals surface area contributed by atoms with Crippen LogP contribution in [0.2, 0.25) is 0 Å².